The molecule has 30 heavy (non-hydrogen) atoms. The summed E-state index contributed by atoms with van der Waals surface area (Å²) < 4.78 is 46.5. The van der Waals surface area contributed by atoms with E-state index >= 15 is 0 Å². The zero-order valence-electron chi connectivity index (χ0n) is 17.7. The van der Waals surface area contributed by atoms with Crippen molar-refractivity contribution in [1.29, 1.82) is 0 Å². The van der Waals surface area contributed by atoms with E-state index in [1.165, 1.54) is 16.4 Å². The Bertz CT molecular complexity index is 863. The summed E-state index contributed by atoms with van der Waals surface area (Å²) in [6.07, 6.45) is 1.53. The molecule has 0 saturated heterocycles. The van der Waals surface area contributed by atoms with Crippen LogP contribution < -0.4 is 0 Å². The summed E-state index contributed by atoms with van der Waals surface area (Å²) in [7, 11) is -0.341. The normalized spacial score (nSPS) is 15.5. The molecule has 10 heteroatoms. The molecule has 1 aromatic heterocycles. The highest BCUT2D eigenvalue weighted by Crippen LogP contribution is 2.22. The minimum atomic E-state index is -3.91. The predicted molar refractivity (Wildman–Crippen MR) is 115 cm³/mol. The topological polar surface area (TPSA) is 83.0 Å². The molecule has 168 valence electrons. The van der Waals surface area contributed by atoms with Gasteiger partial charge in [0.25, 0.3) is 0 Å². The Balaban J connectivity index is 2.14. The highest BCUT2D eigenvalue weighted by molar-refractivity contribution is 7.89. The van der Waals surface area contributed by atoms with Crippen molar-refractivity contribution in [3.05, 3.63) is 46.7 Å². The number of sulfonamides is 1. The van der Waals surface area contributed by atoms with Crippen LogP contribution in [0.1, 0.15) is 18.9 Å². The van der Waals surface area contributed by atoms with Gasteiger partial charge in [-0.25, -0.2) is 17.8 Å². The van der Waals surface area contributed by atoms with Crippen LogP contribution in [0.2, 0.25) is 0 Å². The highest BCUT2D eigenvalue weighted by Gasteiger charge is 2.32. The molecule has 0 spiro atoms. The van der Waals surface area contributed by atoms with Crippen molar-refractivity contribution in [2.75, 3.05) is 33.9 Å². The molecule has 1 N–H and O–H groups in total. The number of aliphatic hydroxyl groups is 1. The quantitative estimate of drug-likeness (QED) is 0.525. The van der Waals surface area contributed by atoms with Crippen LogP contribution in [-0.2, 0) is 21.3 Å². The van der Waals surface area contributed by atoms with Gasteiger partial charge in [0.15, 0.2) is 0 Å². The molecular weight excluding hydrogens is 429 g/mol. The van der Waals surface area contributed by atoms with Crippen molar-refractivity contribution in [2.24, 2.45) is 5.92 Å². The predicted octanol–water partition coefficient (Wildman–Crippen LogP) is 2.44. The molecule has 1 heterocycles. The first kappa shape index (κ1) is 24.8. The minimum Gasteiger partial charge on any atom is -0.395 e. The van der Waals surface area contributed by atoms with Gasteiger partial charge in [0.2, 0.25) is 10.0 Å². The van der Waals surface area contributed by atoms with Gasteiger partial charge in [-0.15, -0.1) is 11.3 Å². The van der Waals surface area contributed by atoms with E-state index in [2.05, 4.69) is 9.88 Å². The summed E-state index contributed by atoms with van der Waals surface area (Å²) in [4.78, 5) is 6.36. The number of aliphatic hydroxyl groups excluding tert-OH is 1. The van der Waals surface area contributed by atoms with Crippen molar-refractivity contribution in [1.82, 2.24) is 14.2 Å². The molecule has 0 aliphatic heterocycles. The number of hydrogen-bond donors (Lipinski definition) is 1. The fourth-order valence-electron chi connectivity index (χ4n) is 3.17. The lowest BCUT2D eigenvalue weighted by Gasteiger charge is -2.33. The number of hydrogen-bond acceptors (Lipinski definition) is 7. The molecule has 0 amide bonds. The van der Waals surface area contributed by atoms with Crippen LogP contribution in [-0.4, -0.2) is 73.7 Å². The van der Waals surface area contributed by atoms with Gasteiger partial charge in [0.05, 0.1) is 24.2 Å². The molecule has 0 fully saturated rings. The van der Waals surface area contributed by atoms with Crippen molar-refractivity contribution < 1.29 is 22.7 Å². The molecular formula is C20H30FN3O4S2. The Morgan fingerprint density at radius 3 is 2.43 bits per heavy atom. The Hall–Kier alpha value is -1.43. The van der Waals surface area contributed by atoms with Gasteiger partial charge in [0.1, 0.15) is 10.8 Å². The lowest BCUT2D eigenvalue weighted by atomic mass is 10.0. The number of thiazole rings is 1. The number of methoxy groups -OCH3 is 1. The Kier molecular flexibility index (Phi) is 9.32. The summed E-state index contributed by atoms with van der Waals surface area (Å²) in [5.41, 5.74) is 0. The fraction of sp³-hybridized carbons (Fsp3) is 0.550. The SMILES string of the molecule is CO[C@H](CN(C)Cc1nccs1)[C@H](C)CN([C@@H](C)CO)S(=O)(=O)c1ccc(F)cc1. The zero-order chi connectivity index (χ0) is 22.3. The van der Waals surface area contributed by atoms with E-state index in [4.69, 9.17) is 4.74 Å². The second-order valence-corrected chi connectivity index (χ2v) is 10.3. The second-order valence-electron chi connectivity index (χ2n) is 7.43. The lowest BCUT2D eigenvalue weighted by Crippen LogP contribution is -2.46. The summed E-state index contributed by atoms with van der Waals surface area (Å²) >= 11 is 1.58. The minimum absolute atomic E-state index is 0.00810. The third kappa shape index (κ3) is 6.53. The molecule has 2 rings (SSSR count). The molecule has 3 atom stereocenters. The van der Waals surface area contributed by atoms with Crippen LogP contribution in [0, 0.1) is 11.7 Å². The molecule has 0 radical (unpaired) electrons. The van der Waals surface area contributed by atoms with Gasteiger partial charge in [0, 0.05) is 37.8 Å². The molecule has 0 saturated carbocycles. The van der Waals surface area contributed by atoms with Gasteiger partial charge >= 0.3 is 0 Å². The Labute approximate surface area is 182 Å². The number of benzene rings is 1. The largest absolute Gasteiger partial charge is 0.395 e. The number of likely N-dealkylation sites (N-methyl/N-ethyl adjacent to an activating group) is 1. The molecule has 0 aliphatic rings. The van der Waals surface area contributed by atoms with Crippen LogP contribution in [0.15, 0.2) is 40.7 Å². The van der Waals surface area contributed by atoms with Gasteiger partial charge < -0.3 is 9.84 Å². The van der Waals surface area contributed by atoms with E-state index in [1.54, 1.807) is 31.6 Å². The van der Waals surface area contributed by atoms with Crippen molar-refractivity contribution >= 4 is 21.4 Å². The highest BCUT2D eigenvalue weighted by atomic mass is 32.2. The first-order valence-electron chi connectivity index (χ1n) is 9.67. The van der Waals surface area contributed by atoms with E-state index in [0.29, 0.717) is 13.1 Å². The lowest BCUT2D eigenvalue weighted by molar-refractivity contribution is 0.0221. The third-order valence-corrected chi connectivity index (χ3v) is 7.72. The monoisotopic (exact) mass is 459 g/mol. The molecule has 1 aromatic carbocycles. The van der Waals surface area contributed by atoms with E-state index in [0.717, 1.165) is 17.1 Å². The van der Waals surface area contributed by atoms with E-state index in [-0.39, 0.29) is 30.1 Å². The van der Waals surface area contributed by atoms with Crippen molar-refractivity contribution in [2.45, 2.75) is 37.4 Å². The number of rotatable bonds is 12. The van der Waals surface area contributed by atoms with Crippen molar-refractivity contribution in [3.63, 3.8) is 0 Å². The summed E-state index contributed by atoms with van der Waals surface area (Å²) in [6, 6.07) is 4.07. The standard InChI is InChI=1S/C20H30FN3O4S2/c1-15(19(28-4)12-23(3)13-20-22-9-10-29-20)11-24(16(2)14-25)30(26,27)18-7-5-17(21)6-8-18/h5-10,15-16,19,25H,11-14H2,1-4H3/t15-,16+,19-/m1/s1. The second kappa shape index (κ2) is 11.3. The van der Waals surface area contributed by atoms with Gasteiger partial charge in [-0.1, -0.05) is 6.92 Å². The Morgan fingerprint density at radius 1 is 1.23 bits per heavy atom. The number of halogens is 1. The van der Waals surface area contributed by atoms with Crippen LogP contribution >= 0.6 is 11.3 Å². The van der Waals surface area contributed by atoms with Gasteiger partial charge in [-0.2, -0.15) is 4.31 Å². The first-order chi connectivity index (χ1) is 14.2. The third-order valence-electron chi connectivity index (χ3n) is 4.96. The molecule has 0 bridgehead atoms. The summed E-state index contributed by atoms with van der Waals surface area (Å²) in [6.45, 7) is 4.66. The maximum Gasteiger partial charge on any atom is 0.243 e. The molecule has 0 aliphatic carbocycles. The molecule has 7 nitrogen and oxygen atoms in total. The van der Waals surface area contributed by atoms with Crippen LogP contribution in [0.4, 0.5) is 4.39 Å². The summed E-state index contributed by atoms with van der Waals surface area (Å²) in [5, 5.41) is 12.6. The zero-order valence-corrected chi connectivity index (χ0v) is 19.4. The van der Waals surface area contributed by atoms with Crippen LogP contribution in [0.25, 0.3) is 0 Å². The molecule has 0 unspecified atom stereocenters. The average molecular weight is 460 g/mol. The number of nitrogens with zero attached hydrogens (tertiary/aromatic N) is 3. The van der Waals surface area contributed by atoms with Crippen molar-refractivity contribution in [3.8, 4) is 0 Å². The van der Waals surface area contributed by atoms with Gasteiger partial charge in [-0.3, -0.25) is 4.90 Å². The van der Waals surface area contributed by atoms with E-state index in [9.17, 15) is 17.9 Å². The van der Waals surface area contributed by atoms with E-state index < -0.39 is 21.9 Å². The number of aromatic nitrogens is 1. The fourth-order valence-corrected chi connectivity index (χ4v) is 5.59. The van der Waals surface area contributed by atoms with Gasteiger partial charge in [-0.05, 0) is 44.2 Å². The maximum absolute atomic E-state index is 13.2. The van der Waals surface area contributed by atoms with Crippen LogP contribution in [0.3, 0.4) is 0 Å². The van der Waals surface area contributed by atoms with E-state index in [1.807, 2.05) is 19.4 Å². The Morgan fingerprint density at radius 2 is 1.90 bits per heavy atom. The average Bonchev–Trinajstić information content (AvgIpc) is 3.22. The van der Waals surface area contributed by atoms with Crippen LogP contribution in [0.5, 0.6) is 0 Å². The maximum atomic E-state index is 13.2. The first-order valence-corrected chi connectivity index (χ1v) is 12.0. The molecule has 2 aromatic rings. The smallest absolute Gasteiger partial charge is 0.243 e. The summed E-state index contributed by atoms with van der Waals surface area (Å²) in [5.74, 6) is -0.662. The number of ether oxygens (including phenoxy) is 1.